The van der Waals surface area contributed by atoms with Gasteiger partial charge in [-0.3, -0.25) is 18.1 Å². The largest absolute Gasteiger partial charge is 0.332 e. The van der Waals surface area contributed by atoms with Gasteiger partial charge in [0.1, 0.15) is 0 Å². The second-order valence-corrected chi connectivity index (χ2v) is 8.41. The summed E-state index contributed by atoms with van der Waals surface area (Å²) in [6.07, 6.45) is 5.38. The van der Waals surface area contributed by atoms with Crippen LogP contribution in [0.1, 0.15) is 32.6 Å². The van der Waals surface area contributed by atoms with E-state index in [4.69, 9.17) is 15.8 Å². The maximum atomic E-state index is 13.0. The second-order valence-electron chi connectivity index (χ2n) is 6.43. The van der Waals surface area contributed by atoms with E-state index in [1.807, 2.05) is 0 Å². The van der Waals surface area contributed by atoms with E-state index in [0.717, 1.165) is 30.1 Å². The Balaban J connectivity index is 2.52. The van der Waals surface area contributed by atoms with Crippen LogP contribution in [0.2, 0.25) is 5.28 Å². The molecule has 0 N–H and O–H groups in total. The number of rotatable bonds is 11. The lowest BCUT2D eigenvalue weighted by Crippen LogP contribution is -2.41. The molecule has 2 aromatic heterocycles. The lowest BCUT2D eigenvalue weighted by Gasteiger charge is -2.12. The number of aromatic nitrogens is 4. The van der Waals surface area contributed by atoms with Gasteiger partial charge in [-0.25, -0.2) is 4.79 Å². The maximum absolute atomic E-state index is 13.0. The highest BCUT2D eigenvalue weighted by atomic mass is 35.5. The molecule has 0 spiro atoms. The minimum atomic E-state index is -3.58. The molecule has 0 saturated carbocycles. The zero-order valence-electron chi connectivity index (χ0n) is 16.1. The summed E-state index contributed by atoms with van der Waals surface area (Å²) in [5.41, 5.74) is -0.535. The van der Waals surface area contributed by atoms with Crippen LogP contribution in [0.4, 0.5) is 0 Å². The van der Waals surface area contributed by atoms with Crippen molar-refractivity contribution in [1.82, 2.24) is 18.7 Å². The van der Waals surface area contributed by atoms with E-state index in [-0.39, 0.29) is 42.6 Å². The zero-order valence-corrected chi connectivity index (χ0v) is 17.6. The van der Waals surface area contributed by atoms with Gasteiger partial charge in [-0.05, 0) is 24.4 Å². The van der Waals surface area contributed by atoms with E-state index < -0.39 is 21.4 Å². The number of nitrogens with zero attached hydrogens (tertiary/aromatic N) is 4. The van der Waals surface area contributed by atoms with Gasteiger partial charge in [0.15, 0.2) is 11.2 Å². The molecule has 2 rings (SSSR count). The molecular formula is C17H25ClN4O5S. The summed E-state index contributed by atoms with van der Waals surface area (Å²) in [6.45, 7) is 6.30. The Kier molecular flexibility index (Phi) is 7.62. The van der Waals surface area contributed by atoms with Gasteiger partial charge in [0.25, 0.3) is 15.7 Å². The van der Waals surface area contributed by atoms with Gasteiger partial charge in [0.05, 0.1) is 12.9 Å². The van der Waals surface area contributed by atoms with Gasteiger partial charge in [-0.15, -0.1) is 6.58 Å². The van der Waals surface area contributed by atoms with Gasteiger partial charge in [-0.2, -0.15) is 13.4 Å². The number of halogens is 1. The Bertz CT molecular complexity index is 1070. The lowest BCUT2D eigenvalue weighted by atomic mass is 10.2. The van der Waals surface area contributed by atoms with Crippen molar-refractivity contribution in [3.8, 4) is 0 Å². The number of fused-ring (bicyclic) bond motifs is 1. The van der Waals surface area contributed by atoms with Crippen molar-refractivity contribution in [2.75, 3.05) is 12.9 Å². The average molecular weight is 433 g/mol. The predicted octanol–water partition coefficient (Wildman–Crippen LogP) is 1.76. The molecule has 0 aliphatic heterocycles. The van der Waals surface area contributed by atoms with E-state index in [9.17, 15) is 18.0 Å². The normalized spacial score (nSPS) is 12.0. The molecule has 0 unspecified atom stereocenters. The fourth-order valence-electron chi connectivity index (χ4n) is 2.91. The van der Waals surface area contributed by atoms with Crippen LogP contribution in [0, 0.1) is 0 Å². The van der Waals surface area contributed by atoms with E-state index in [1.54, 1.807) is 6.08 Å². The number of unbranched alkanes of at least 4 members (excludes halogenated alkanes) is 2. The standard InChI is InChI=1S/C17H25ClN4O5S/c1-4-6-7-10-21-14-13(20(9-5-2)16(18)19-14)15(23)22(17(21)24)11-8-12-27-28(3,25)26/h5H,2,4,6-12H2,1,3H3. The third kappa shape index (κ3) is 5.12. The minimum absolute atomic E-state index is 0.0216. The second kappa shape index (κ2) is 9.53. The SMILES string of the molecule is C=CCn1c(Cl)nc2c1c(=O)n(CCCOS(C)(=O)=O)c(=O)n2CCCCC. The van der Waals surface area contributed by atoms with Crippen molar-refractivity contribution < 1.29 is 12.6 Å². The molecular weight excluding hydrogens is 408 g/mol. The lowest BCUT2D eigenvalue weighted by molar-refractivity contribution is 0.304. The van der Waals surface area contributed by atoms with Crippen LogP contribution < -0.4 is 11.2 Å². The third-order valence-electron chi connectivity index (χ3n) is 4.19. The Labute approximate surface area is 168 Å². The average Bonchev–Trinajstić information content (AvgIpc) is 2.93. The monoisotopic (exact) mass is 432 g/mol. The first-order valence-corrected chi connectivity index (χ1v) is 11.2. The molecule has 0 fully saturated rings. The molecule has 0 atom stereocenters. The van der Waals surface area contributed by atoms with Crippen molar-refractivity contribution in [2.24, 2.45) is 0 Å². The van der Waals surface area contributed by atoms with Gasteiger partial charge in [-0.1, -0.05) is 25.8 Å². The van der Waals surface area contributed by atoms with Crippen LogP contribution in [-0.4, -0.2) is 40.0 Å². The van der Waals surface area contributed by atoms with Crippen LogP contribution in [0.5, 0.6) is 0 Å². The van der Waals surface area contributed by atoms with Crippen molar-refractivity contribution in [3.05, 3.63) is 38.8 Å². The van der Waals surface area contributed by atoms with Crippen LogP contribution in [-0.2, 0) is 33.9 Å². The first-order valence-electron chi connectivity index (χ1n) is 9.06. The van der Waals surface area contributed by atoms with Crippen molar-refractivity contribution in [1.29, 1.82) is 0 Å². The fourth-order valence-corrected chi connectivity index (χ4v) is 3.57. The highest BCUT2D eigenvalue weighted by Gasteiger charge is 2.20. The Morgan fingerprint density at radius 3 is 2.43 bits per heavy atom. The molecule has 0 radical (unpaired) electrons. The smallest absolute Gasteiger partial charge is 0.305 e. The number of aryl methyl sites for hydroxylation is 1. The fraction of sp³-hybridized carbons (Fsp3) is 0.588. The summed E-state index contributed by atoms with van der Waals surface area (Å²) in [5.74, 6) is 0. The number of allylic oxidation sites excluding steroid dienone is 1. The molecule has 156 valence electrons. The third-order valence-corrected chi connectivity index (χ3v) is 5.07. The summed E-state index contributed by atoms with van der Waals surface area (Å²) in [7, 11) is -3.58. The molecule has 0 aliphatic rings. The Morgan fingerprint density at radius 2 is 1.82 bits per heavy atom. The number of hydrogen-bond acceptors (Lipinski definition) is 6. The molecule has 0 aromatic carbocycles. The molecule has 28 heavy (non-hydrogen) atoms. The molecule has 0 amide bonds. The number of hydrogen-bond donors (Lipinski definition) is 0. The van der Waals surface area contributed by atoms with Gasteiger partial charge < -0.3 is 4.57 Å². The van der Waals surface area contributed by atoms with Gasteiger partial charge >= 0.3 is 5.69 Å². The maximum Gasteiger partial charge on any atom is 0.332 e. The highest BCUT2D eigenvalue weighted by Crippen LogP contribution is 2.16. The summed E-state index contributed by atoms with van der Waals surface area (Å²) in [6, 6.07) is 0. The molecule has 0 bridgehead atoms. The van der Waals surface area contributed by atoms with Gasteiger partial charge in [0.2, 0.25) is 5.28 Å². The van der Waals surface area contributed by atoms with Crippen molar-refractivity contribution in [3.63, 3.8) is 0 Å². The van der Waals surface area contributed by atoms with Crippen molar-refractivity contribution in [2.45, 2.75) is 52.2 Å². The van der Waals surface area contributed by atoms with E-state index in [2.05, 4.69) is 18.5 Å². The Morgan fingerprint density at radius 1 is 1.14 bits per heavy atom. The zero-order chi connectivity index (χ0) is 20.9. The van der Waals surface area contributed by atoms with Crippen LogP contribution in [0.15, 0.2) is 22.2 Å². The summed E-state index contributed by atoms with van der Waals surface area (Å²) >= 11 is 6.19. The highest BCUT2D eigenvalue weighted by molar-refractivity contribution is 7.85. The Hall–Kier alpha value is -1.91. The molecule has 0 saturated heterocycles. The summed E-state index contributed by atoms with van der Waals surface area (Å²) in [5, 5.41) is 0.105. The molecule has 0 aliphatic carbocycles. The molecule has 9 nitrogen and oxygen atoms in total. The molecule has 2 aromatic rings. The van der Waals surface area contributed by atoms with E-state index in [1.165, 1.54) is 9.13 Å². The van der Waals surface area contributed by atoms with E-state index in [0.29, 0.717) is 6.54 Å². The first-order chi connectivity index (χ1) is 13.2. The number of imidazole rings is 1. The predicted molar refractivity (Wildman–Crippen MR) is 108 cm³/mol. The molecule has 2 heterocycles. The summed E-state index contributed by atoms with van der Waals surface area (Å²) in [4.78, 5) is 30.1. The minimum Gasteiger partial charge on any atom is -0.305 e. The first kappa shape index (κ1) is 22.4. The topological polar surface area (TPSA) is 105 Å². The molecule has 11 heteroatoms. The van der Waals surface area contributed by atoms with Crippen LogP contribution in [0.25, 0.3) is 11.2 Å². The van der Waals surface area contributed by atoms with E-state index >= 15 is 0 Å². The van der Waals surface area contributed by atoms with Crippen LogP contribution >= 0.6 is 11.6 Å². The quantitative estimate of drug-likeness (QED) is 0.232. The van der Waals surface area contributed by atoms with Crippen LogP contribution in [0.3, 0.4) is 0 Å². The van der Waals surface area contributed by atoms with Crippen molar-refractivity contribution >= 4 is 32.9 Å². The van der Waals surface area contributed by atoms with Gasteiger partial charge in [0, 0.05) is 19.6 Å². The summed E-state index contributed by atoms with van der Waals surface area (Å²) < 4.78 is 30.9.